The molecule has 2 rings (SSSR count). The molecule has 1 aromatic heterocycles. The Morgan fingerprint density at radius 3 is 2.59 bits per heavy atom. The van der Waals surface area contributed by atoms with Crippen molar-refractivity contribution in [3.05, 3.63) is 76.8 Å². The molecule has 142 valence electrons. The highest BCUT2D eigenvalue weighted by molar-refractivity contribution is 8.22. The molecule has 0 aliphatic carbocycles. The van der Waals surface area contributed by atoms with E-state index < -0.39 is 0 Å². The number of hydrogen-bond donors (Lipinski definition) is 0. The number of aromatic nitrogens is 1. The fraction of sp³-hybridized carbons (Fsp3) is 0.238. The van der Waals surface area contributed by atoms with Gasteiger partial charge in [0.2, 0.25) is 0 Å². The molecular formula is C21H23NO3S2. The molecule has 27 heavy (non-hydrogen) atoms. The first-order valence-electron chi connectivity index (χ1n) is 8.50. The fourth-order valence-electron chi connectivity index (χ4n) is 2.22. The van der Waals surface area contributed by atoms with Crippen LogP contribution in [0.15, 0.2) is 65.7 Å². The fourth-order valence-corrected chi connectivity index (χ4v) is 4.39. The number of esters is 1. The third kappa shape index (κ3) is 6.48. The molecule has 0 radical (unpaired) electrons. The second-order valence-electron chi connectivity index (χ2n) is 5.36. The quantitative estimate of drug-likeness (QED) is 0.311. The van der Waals surface area contributed by atoms with E-state index in [2.05, 4.69) is 11.6 Å². The van der Waals surface area contributed by atoms with Crippen LogP contribution < -0.4 is 4.74 Å². The highest BCUT2D eigenvalue weighted by atomic mass is 32.2. The largest absolute Gasteiger partial charge is 0.497 e. The number of carbonyl (C=O) groups excluding carboxylic acids is 1. The zero-order valence-corrected chi connectivity index (χ0v) is 17.1. The highest BCUT2D eigenvalue weighted by Crippen LogP contribution is 2.38. The Bertz CT molecular complexity index is 774. The van der Waals surface area contributed by atoms with E-state index in [1.54, 1.807) is 50.0 Å². The van der Waals surface area contributed by atoms with Crippen LogP contribution in [0.2, 0.25) is 0 Å². The summed E-state index contributed by atoms with van der Waals surface area (Å²) < 4.78 is 11.4. The Balaban J connectivity index is 2.34. The minimum Gasteiger partial charge on any atom is -0.497 e. The van der Waals surface area contributed by atoms with E-state index in [1.165, 1.54) is 0 Å². The van der Waals surface area contributed by atoms with Crippen LogP contribution in [0.4, 0.5) is 0 Å². The van der Waals surface area contributed by atoms with E-state index in [4.69, 9.17) is 9.47 Å². The summed E-state index contributed by atoms with van der Waals surface area (Å²) in [6, 6.07) is 11.6. The van der Waals surface area contributed by atoms with Gasteiger partial charge in [-0.2, -0.15) is 0 Å². The maximum atomic E-state index is 12.7. The van der Waals surface area contributed by atoms with E-state index in [0.717, 1.165) is 26.9 Å². The van der Waals surface area contributed by atoms with Gasteiger partial charge in [-0.05, 0) is 30.7 Å². The van der Waals surface area contributed by atoms with Gasteiger partial charge in [0.15, 0.2) is 0 Å². The van der Waals surface area contributed by atoms with Crippen molar-refractivity contribution in [3.8, 4) is 5.75 Å². The lowest BCUT2D eigenvalue weighted by molar-refractivity contribution is -0.136. The molecule has 0 spiro atoms. The molecule has 0 saturated carbocycles. The highest BCUT2D eigenvalue weighted by Gasteiger charge is 2.20. The van der Waals surface area contributed by atoms with Gasteiger partial charge >= 0.3 is 5.97 Å². The molecule has 0 aliphatic heterocycles. The average molecular weight is 402 g/mol. The summed E-state index contributed by atoms with van der Waals surface area (Å²) in [6.45, 7) is 5.92. The van der Waals surface area contributed by atoms with Crippen molar-refractivity contribution in [3.63, 3.8) is 0 Å². The van der Waals surface area contributed by atoms with E-state index in [1.807, 2.05) is 42.5 Å². The number of pyridine rings is 1. The van der Waals surface area contributed by atoms with Crippen molar-refractivity contribution < 1.29 is 14.3 Å². The number of ether oxygens (including phenoxy) is 2. The van der Waals surface area contributed by atoms with Crippen LogP contribution in [0.25, 0.3) is 5.57 Å². The van der Waals surface area contributed by atoms with Crippen molar-refractivity contribution in [2.24, 2.45) is 0 Å². The normalized spacial score (nSPS) is 11.5. The molecule has 1 heterocycles. The maximum absolute atomic E-state index is 12.7. The smallest absolute Gasteiger partial charge is 0.340 e. The monoisotopic (exact) mass is 401 g/mol. The van der Waals surface area contributed by atoms with Crippen molar-refractivity contribution in [1.82, 2.24) is 4.98 Å². The lowest BCUT2D eigenvalue weighted by Crippen LogP contribution is -2.08. The Kier molecular flexibility index (Phi) is 9.01. The molecule has 0 atom stereocenters. The van der Waals surface area contributed by atoms with Gasteiger partial charge in [-0.1, -0.05) is 24.3 Å². The molecule has 2 aromatic rings. The van der Waals surface area contributed by atoms with Gasteiger partial charge in [0.1, 0.15) is 5.75 Å². The predicted molar refractivity (Wildman–Crippen MR) is 115 cm³/mol. The van der Waals surface area contributed by atoms with Crippen molar-refractivity contribution >= 4 is 35.1 Å². The number of hydrogen-bond acceptors (Lipinski definition) is 6. The SMILES string of the molecule is C=CCSC(SCc1ccc(OC)cc1)=C(C(=O)OCC)c1cccnc1. The topological polar surface area (TPSA) is 48.4 Å². The molecule has 0 fully saturated rings. The number of thioether (sulfide) groups is 2. The molecule has 0 aliphatic rings. The van der Waals surface area contributed by atoms with Gasteiger partial charge in [-0.15, -0.1) is 30.1 Å². The van der Waals surface area contributed by atoms with Crippen LogP contribution in [-0.4, -0.2) is 30.4 Å². The maximum Gasteiger partial charge on any atom is 0.340 e. The van der Waals surface area contributed by atoms with Gasteiger partial charge in [0.05, 0.1) is 23.5 Å². The molecule has 0 N–H and O–H groups in total. The van der Waals surface area contributed by atoms with Crippen molar-refractivity contribution in [2.45, 2.75) is 12.7 Å². The minimum atomic E-state index is -0.334. The average Bonchev–Trinajstić information content (AvgIpc) is 2.71. The van der Waals surface area contributed by atoms with Crippen LogP contribution in [0.5, 0.6) is 5.75 Å². The van der Waals surface area contributed by atoms with Crippen LogP contribution in [0.1, 0.15) is 18.1 Å². The Hall–Kier alpha value is -2.18. The molecule has 0 bridgehead atoms. The first kappa shape index (κ1) is 21.1. The summed E-state index contributed by atoms with van der Waals surface area (Å²) in [5.41, 5.74) is 2.45. The van der Waals surface area contributed by atoms with E-state index in [0.29, 0.717) is 17.9 Å². The second-order valence-corrected chi connectivity index (χ2v) is 7.64. The van der Waals surface area contributed by atoms with Crippen molar-refractivity contribution in [1.29, 1.82) is 0 Å². The summed E-state index contributed by atoms with van der Waals surface area (Å²) in [4.78, 5) is 16.8. The summed E-state index contributed by atoms with van der Waals surface area (Å²) in [5, 5.41) is 0. The molecular weight excluding hydrogens is 378 g/mol. The van der Waals surface area contributed by atoms with Gasteiger partial charge in [0, 0.05) is 29.5 Å². The van der Waals surface area contributed by atoms with E-state index in [-0.39, 0.29) is 5.97 Å². The lowest BCUT2D eigenvalue weighted by Gasteiger charge is -2.14. The standard InChI is InChI=1S/C21H23NO3S2/c1-4-13-26-21(27-15-16-8-10-18(24-3)11-9-16)19(20(23)25-5-2)17-7-6-12-22-14-17/h4,6-12,14H,1,5,13,15H2,2-3H3. The molecule has 0 unspecified atom stereocenters. The first-order valence-corrected chi connectivity index (χ1v) is 10.5. The number of nitrogens with zero attached hydrogens (tertiary/aromatic N) is 1. The molecule has 4 nitrogen and oxygen atoms in total. The number of benzene rings is 1. The Labute approximate surface area is 169 Å². The first-order chi connectivity index (χ1) is 13.2. The van der Waals surface area contributed by atoms with E-state index in [9.17, 15) is 4.79 Å². The molecule has 0 saturated heterocycles. The lowest BCUT2D eigenvalue weighted by atomic mass is 10.1. The van der Waals surface area contributed by atoms with Crippen LogP contribution in [0.3, 0.4) is 0 Å². The molecule has 0 amide bonds. The van der Waals surface area contributed by atoms with Gasteiger partial charge < -0.3 is 9.47 Å². The van der Waals surface area contributed by atoms with Crippen LogP contribution >= 0.6 is 23.5 Å². The Morgan fingerprint density at radius 2 is 2.00 bits per heavy atom. The van der Waals surface area contributed by atoms with Gasteiger partial charge in [-0.3, -0.25) is 4.98 Å². The zero-order valence-electron chi connectivity index (χ0n) is 15.5. The van der Waals surface area contributed by atoms with Gasteiger partial charge in [0.25, 0.3) is 0 Å². The third-order valence-corrected chi connectivity index (χ3v) is 6.01. The van der Waals surface area contributed by atoms with E-state index >= 15 is 0 Å². The third-order valence-electron chi connectivity index (χ3n) is 3.50. The number of carbonyl (C=O) groups is 1. The zero-order chi connectivity index (χ0) is 19.5. The van der Waals surface area contributed by atoms with Crippen molar-refractivity contribution in [2.75, 3.05) is 19.5 Å². The number of methoxy groups -OCH3 is 1. The predicted octanol–water partition coefficient (Wildman–Crippen LogP) is 5.17. The molecule has 1 aromatic carbocycles. The summed E-state index contributed by atoms with van der Waals surface area (Å²) in [5.74, 6) is 1.92. The second kappa shape index (κ2) is 11.5. The Morgan fingerprint density at radius 1 is 1.22 bits per heavy atom. The summed E-state index contributed by atoms with van der Waals surface area (Å²) in [7, 11) is 1.65. The van der Waals surface area contributed by atoms with Crippen LogP contribution in [0, 0.1) is 0 Å². The summed E-state index contributed by atoms with van der Waals surface area (Å²) >= 11 is 3.19. The number of rotatable bonds is 10. The minimum absolute atomic E-state index is 0.325. The van der Waals surface area contributed by atoms with Crippen LogP contribution in [-0.2, 0) is 15.3 Å². The van der Waals surface area contributed by atoms with Gasteiger partial charge in [-0.25, -0.2) is 4.79 Å². The molecule has 6 heteroatoms. The summed E-state index contributed by atoms with van der Waals surface area (Å²) in [6.07, 6.45) is 5.20.